The fourth-order valence-corrected chi connectivity index (χ4v) is 3.78. The number of aromatic nitrogens is 1. The van der Waals surface area contributed by atoms with Gasteiger partial charge in [0.25, 0.3) is 0 Å². The monoisotopic (exact) mass is 297 g/mol. The molecule has 0 radical (unpaired) electrons. The molecular formula is C17H19N3S. The van der Waals surface area contributed by atoms with Crippen LogP contribution in [0.25, 0.3) is 10.9 Å². The van der Waals surface area contributed by atoms with Crippen molar-refractivity contribution in [3.63, 3.8) is 0 Å². The van der Waals surface area contributed by atoms with E-state index in [4.69, 9.17) is 0 Å². The van der Waals surface area contributed by atoms with Crippen molar-refractivity contribution in [1.29, 1.82) is 5.26 Å². The van der Waals surface area contributed by atoms with Crippen LogP contribution in [0, 0.1) is 11.3 Å². The maximum Gasteiger partial charge on any atom is 0.103 e. The molecule has 4 heteroatoms. The summed E-state index contributed by atoms with van der Waals surface area (Å²) in [6.07, 6.45) is 7.63. The van der Waals surface area contributed by atoms with E-state index in [2.05, 4.69) is 28.3 Å². The number of benzene rings is 1. The van der Waals surface area contributed by atoms with E-state index in [9.17, 15) is 5.26 Å². The summed E-state index contributed by atoms with van der Waals surface area (Å²) >= 11 is 1.94. The number of thioether (sulfide) groups is 1. The van der Waals surface area contributed by atoms with Crippen LogP contribution in [0.4, 0.5) is 5.69 Å². The number of para-hydroxylation sites is 1. The zero-order valence-electron chi connectivity index (χ0n) is 12.2. The molecule has 1 unspecified atom stereocenters. The summed E-state index contributed by atoms with van der Waals surface area (Å²) in [4.78, 5) is 6.82. The van der Waals surface area contributed by atoms with Crippen LogP contribution < -0.4 is 4.90 Å². The third-order valence-electron chi connectivity index (χ3n) is 4.15. The molecule has 1 aliphatic rings. The lowest BCUT2D eigenvalue weighted by atomic mass is 10.1. The van der Waals surface area contributed by atoms with Crippen LogP contribution in [0.1, 0.15) is 24.8 Å². The van der Waals surface area contributed by atoms with Crippen LogP contribution >= 0.6 is 11.8 Å². The second-order valence-electron chi connectivity index (χ2n) is 5.45. The smallest absolute Gasteiger partial charge is 0.103 e. The summed E-state index contributed by atoms with van der Waals surface area (Å²) in [7, 11) is 0. The Morgan fingerprint density at radius 3 is 3.00 bits per heavy atom. The molecule has 21 heavy (non-hydrogen) atoms. The van der Waals surface area contributed by atoms with Crippen molar-refractivity contribution in [3.05, 3.63) is 36.0 Å². The number of nitriles is 1. The first-order chi connectivity index (χ1) is 10.3. The Bertz CT molecular complexity index is 677. The Labute approximate surface area is 130 Å². The van der Waals surface area contributed by atoms with Gasteiger partial charge in [-0.25, -0.2) is 0 Å². The van der Waals surface area contributed by atoms with Gasteiger partial charge in [-0.1, -0.05) is 24.6 Å². The van der Waals surface area contributed by atoms with Crippen molar-refractivity contribution in [2.75, 3.05) is 24.2 Å². The van der Waals surface area contributed by atoms with Gasteiger partial charge in [0, 0.05) is 29.9 Å². The summed E-state index contributed by atoms with van der Waals surface area (Å²) in [5.41, 5.74) is 2.73. The molecule has 1 saturated heterocycles. The first kappa shape index (κ1) is 14.2. The van der Waals surface area contributed by atoms with E-state index >= 15 is 0 Å². The standard InChI is InChI=1S/C17H19N3S/c1-21-14-6-4-5-9-20(12-14)17-13(10-18)11-19-16-8-3-2-7-15(16)17/h2-3,7-8,11,14H,4-6,9,12H2,1H3. The highest BCUT2D eigenvalue weighted by atomic mass is 32.2. The Hall–Kier alpha value is -1.73. The quantitative estimate of drug-likeness (QED) is 0.844. The van der Waals surface area contributed by atoms with E-state index in [1.807, 2.05) is 30.0 Å². The molecule has 1 fully saturated rings. The van der Waals surface area contributed by atoms with Gasteiger partial charge in [-0.15, -0.1) is 0 Å². The second-order valence-corrected chi connectivity index (χ2v) is 6.59. The van der Waals surface area contributed by atoms with Crippen LogP contribution in [0.2, 0.25) is 0 Å². The summed E-state index contributed by atoms with van der Waals surface area (Å²) in [6, 6.07) is 10.5. The Kier molecular flexibility index (Phi) is 4.31. The minimum atomic E-state index is 0.644. The molecule has 0 amide bonds. The topological polar surface area (TPSA) is 39.9 Å². The molecule has 0 bridgehead atoms. The maximum absolute atomic E-state index is 9.48. The van der Waals surface area contributed by atoms with Crippen molar-refractivity contribution in [2.24, 2.45) is 0 Å². The fourth-order valence-electron chi connectivity index (χ4n) is 3.05. The Balaban J connectivity index is 2.11. The third-order valence-corrected chi connectivity index (χ3v) is 5.20. The molecule has 0 N–H and O–H groups in total. The van der Waals surface area contributed by atoms with E-state index in [0.29, 0.717) is 10.8 Å². The number of hydrogen-bond acceptors (Lipinski definition) is 4. The van der Waals surface area contributed by atoms with E-state index in [1.165, 1.54) is 19.3 Å². The predicted octanol–water partition coefficient (Wildman–Crippen LogP) is 3.83. The van der Waals surface area contributed by atoms with Crippen molar-refractivity contribution in [3.8, 4) is 6.07 Å². The van der Waals surface area contributed by atoms with Crippen LogP contribution in [-0.4, -0.2) is 29.6 Å². The molecule has 3 rings (SSSR count). The molecule has 108 valence electrons. The van der Waals surface area contributed by atoms with Crippen LogP contribution in [0.15, 0.2) is 30.5 Å². The van der Waals surface area contributed by atoms with E-state index in [1.54, 1.807) is 6.20 Å². The van der Waals surface area contributed by atoms with Crippen molar-refractivity contribution < 1.29 is 0 Å². The van der Waals surface area contributed by atoms with Gasteiger partial charge < -0.3 is 4.90 Å². The molecule has 1 aliphatic heterocycles. The third kappa shape index (κ3) is 2.84. The van der Waals surface area contributed by atoms with Crippen LogP contribution in [-0.2, 0) is 0 Å². The number of rotatable bonds is 2. The van der Waals surface area contributed by atoms with Gasteiger partial charge in [0.05, 0.1) is 16.8 Å². The SMILES string of the molecule is CSC1CCCCN(c2c(C#N)cnc3ccccc23)C1. The van der Waals surface area contributed by atoms with Gasteiger partial charge in [0.1, 0.15) is 6.07 Å². The molecule has 2 aromatic rings. The average molecular weight is 297 g/mol. The Morgan fingerprint density at radius 2 is 2.19 bits per heavy atom. The minimum Gasteiger partial charge on any atom is -0.369 e. The van der Waals surface area contributed by atoms with Gasteiger partial charge in [-0.05, 0) is 25.2 Å². The van der Waals surface area contributed by atoms with E-state index in [-0.39, 0.29) is 0 Å². The number of pyridine rings is 1. The number of anilines is 1. The van der Waals surface area contributed by atoms with Crippen LogP contribution in [0.3, 0.4) is 0 Å². The summed E-state index contributed by atoms with van der Waals surface area (Å²) in [6.45, 7) is 2.05. The summed E-state index contributed by atoms with van der Waals surface area (Å²) in [5.74, 6) is 0. The van der Waals surface area contributed by atoms with Gasteiger partial charge in [0.15, 0.2) is 0 Å². The largest absolute Gasteiger partial charge is 0.369 e. The van der Waals surface area contributed by atoms with Crippen molar-refractivity contribution in [1.82, 2.24) is 4.98 Å². The molecule has 1 atom stereocenters. The zero-order chi connectivity index (χ0) is 14.7. The normalized spacial score (nSPS) is 19.2. The molecular weight excluding hydrogens is 278 g/mol. The fraction of sp³-hybridized carbons (Fsp3) is 0.412. The van der Waals surface area contributed by atoms with Gasteiger partial charge in [-0.2, -0.15) is 17.0 Å². The molecule has 0 saturated carbocycles. The summed E-state index contributed by atoms with van der Waals surface area (Å²) in [5, 5.41) is 11.2. The van der Waals surface area contributed by atoms with E-state index < -0.39 is 0 Å². The molecule has 2 heterocycles. The van der Waals surface area contributed by atoms with Crippen molar-refractivity contribution >= 4 is 28.4 Å². The van der Waals surface area contributed by atoms with Crippen molar-refractivity contribution in [2.45, 2.75) is 24.5 Å². The highest BCUT2D eigenvalue weighted by molar-refractivity contribution is 7.99. The first-order valence-electron chi connectivity index (χ1n) is 7.39. The van der Waals surface area contributed by atoms with Gasteiger partial charge in [-0.3, -0.25) is 4.98 Å². The lowest BCUT2D eigenvalue weighted by Gasteiger charge is -2.27. The zero-order valence-corrected chi connectivity index (χ0v) is 13.1. The second kappa shape index (κ2) is 6.36. The predicted molar refractivity (Wildman–Crippen MR) is 89.8 cm³/mol. The van der Waals surface area contributed by atoms with E-state index in [0.717, 1.165) is 29.7 Å². The molecule has 0 aliphatic carbocycles. The lowest BCUT2D eigenvalue weighted by Crippen LogP contribution is -2.30. The number of hydrogen-bond donors (Lipinski definition) is 0. The molecule has 1 aromatic carbocycles. The summed E-state index contributed by atoms with van der Waals surface area (Å²) < 4.78 is 0. The van der Waals surface area contributed by atoms with Gasteiger partial charge >= 0.3 is 0 Å². The highest BCUT2D eigenvalue weighted by Gasteiger charge is 2.21. The maximum atomic E-state index is 9.48. The molecule has 3 nitrogen and oxygen atoms in total. The number of fused-ring (bicyclic) bond motifs is 1. The van der Waals surface area contributed by atoms with Crippen LogP contribution in [0.5, 0.6) is 0 Å². The molecule has 1 aromatic heterocycles. The average Bonchev–Trinajstić information content (AvgIpc) is 2.79. The molecule has 0 spiro atoms. The Morgan fingerprint density at radius 1 is 1.33 bits per heavy atom. The van der Waals surface area contributed by atoms with Gasteiger partial charge in [0.2, 0.25) is 0 Å². The first-order valence-corrected chi connectivity index (χ1v) is 8.68. The lowest BCUT2D eigenvalue weighted by molar-refractivity contribution is 0.736. The number of nitrogens with zero attached hydrogens (tertiary/aromatic N) is 3. The minimum absolute atomic E-state index is 0.644. The highest BCUT2D eigenvalue weighted by Crippen LogP contribution is 2.32.